The van der Waals surface area contributed by atoms with Gasteiger partial charge in [-0.15, -0.1) is 0 Å². The van der Waals surface area contributed by atoms with E-state index in [9.17, 15) is 4.79 Å². The molecule has 1 N–H and O–H groups in total. The molecular formula is C4H7O4P. The molecule has 0 heterocycles. The average molecular weight is 150 g/mol. The molecule has 0 saturated heterocycles. The maximum atomic E-state index is 10.0. The Kier molecular flexibility index (Phi) is 4.01. The zero-order valence-corrected chi connectivity index (χ0v) is 5.80. The maximum Gasteiger partial charge on any atom is 0.461 e. The minimum absolute atomic E-state index is 0.578. The predicted octanol–water partition coefficient (Wildman–Crippen LogP) is 0.929. The molecule has 0 fully saturated rings. The molecule has 0 aromatic heterocycles. The molecule has 52 valence electrons. The van der Waals surface area contributed by atoms with Crippen LogP contribution in [0.2, 0.25) is 0 Å². The predicted molar refractivity (Wildman–Crippen MR) is 32.2 cm³/mol. The van der Waals surface area contributed by atoms with Crippen molar-refractivity contribution in [3.63, 3.8) is 0 Å². The standard InChI is InChI=1S/C4H7O4P/c1-3-7-9(6)8-4(2)5/h3,6H,1H2,2H3. The first-order valence-corrected chi connectivity index (χ1v) is 3.25. The smallest absolute Gasteiger partial charge is 0.426 e. The molecule has 0 saturated carbocycles. The van der Waals surface area contributed by atoms with Crippen LogP contribution in [-0.2, 0) is 13.8 Å². The molecule has 0 aromatic carbocycles. The topological polar surface area (TPSA) is 55.8 Å². The van der Waals surface area contributed by atoms with Gasteiger partial charge in [0.2, 0.25) is 0 Å². The summed E-state index contributed by atoms with van der Waals surface area (Å²) in [5.74, 6) is -0.578. The Morgan fingerprint density at radius 3 is 2.78 bits per heavy atom. The van der Waals surface area contributed by atoms with Gasteiger partial charge < -0.3 is 13.9 Å². The summed E-state index contributed by atoms with van der Waals surface area (Å²) in [6, 6.07) is 0. The molecule has 1 unspecified atom stereocenters. The Morgan fingerprint density at radius 2 is 2.44 bits per heavy atom. The van der Waals surface area contributed by atoms with Crippen LogP contribution in [0, 0.1) is 0 Å². The Morgan fingerprint density at radius 1 is 1.89 bits per heavy atom. The second kappa shape index (κ2) is 4.30. The van der Waals surface area contributed by atoms with E-state index in [4.69, 9.17) is 4.89 Å². The maximum absolute atomic E-state index is 10.0. The Bertz CT molecular complexity index is 113. The van der Waals surface area contributed by atoms with Crippen LogP contribution < -0.4 is 0 Å². The minimum atomic E-state index is -2.09. The molecule has 0 aliphatic rings. The highest BCUT2D eigenvalue weighted by Crippen LogP contribution is 2.32. The van der Waals surface area contributed by atoms with Gasteiger partial charge in [-0.2, -0.15) is 0 Å². The van der Waals surface area contributed by atoms with Crippen molar-refractivity contribution in [1.82, 2.24) is 0 Å². The molecule has 0 rings (SSSR count). The molecule has 0 aliphatic carbocycles. The van der Waals surface area contributed by atoms with Crippen molar-refractivity contribution in [2.45, 2.75) is 6.92 Å². The second-order valence-corrected chi connectivity index (χ2v) is 1.96. The highest BCUT2D eigenvalue weighted by molar-refractivity contribution is 7.41. The Hall–Kier alpha value is -0.600. The van der Waals surface area contributed by atoms with Gasteiger partial charge in [0.25, 0.3) is 0 Å². The molecular weight excluding hydrogens is 143 g/mol. The van der Waals surface area contributed by atoms with E-state index in [1.165, 1.54) is 6.92 Å². The first-order chi connectivity index (χ1) is 4.16. The highest BCUT2D eigenvalue weighted by atomic mass is 31.2. The van der Waals surface area contributed by atoms with Gasteiger partial charge >= 0.3 is 14.6 Å². The van der Waals surface area contributed by atoms with Crippen molar-refractivity contribution < 1.29 is 18.7 Å². The molecule has 0 aromatic rings. The van der Waals surface area contributed by atoms with Crippen LogP contribution in [0.15, 0.2) is 12.8 Å². The summed E-state index contributed by atoms with van der Waals surface area (Å²) in [4.78, 5) is 18.6. The number of rotatable bonds is 3. The molecule has 0 radical (unpaired) electrons. The summed E-state index contributed by atoms with van der Waals surface area (Å²) >= 11 is 0. The molecule has 0 spiro atoms. The van der Waals surface area contributed by atoms with Crippen LogP contribution in [0.5, 0.6) is 0 Å². The highest BCUT2D eigenvalue weighted by Gasteiger charge is 2.07. The Labute approximate surface area is 54.1 Å². The van der Waals surface area contributed by atoms with Crippen LogP contribution in [0.3, 0.4) is 0 Å². The first-order valence-electron chi connectivity index (χ1n) is 2.12. The van der Waals surface area contributed by atoms with E-state index >= 15 is 0 Å². The van der Waals surface area contributed by atoms with Crippen LogP contribution in [0.1, 0.15) is 6.92 Å². The summed E-state index contributed by atoms with van der Waals surface area (Å²) in [6.07, 6.45) is 1.01. The van der Waals surface area contributed by atoms with Crippen LogP contribution in [0.25, 0.3) is 0 Å². The van der Waals surface area contributed by atoms with E-state index in [1.807, 2.05) is 0 Å². The molecule has 1 atom stereocenters. The molecule has 5 heteroatoms. The van der Waals surface area contributed by atoms with E-state index in [1.54, 1.807) is 0 Å². The third kappa shape index (κ3) is 5.27. The van der Waals surface area contributed by atoms with E-state index in [2.05, 4.69) is 15.6 Å². The zero-order valence-electron chi connectivity index (χ0n) is 4.90. The van der Waals surface area contributed by atoms with Crippen molar-refractivity contribution in [1.29, 1.82) is 0 Å². The number of hydrogen-bond acceptors (Lipinski definition) is 4. The summed E-state index contributed by atoms with van der Waals surface area (Å²) in [5.41, 5.74) is 0. The molecule has 9 heavy (non-hydrogen) atoms. The third-order valence-electron chi connectivity index (χ3n) is 0.371. The van der Waals surface area contributed by atoms with Gasteiger partial charge in [0.05, 0.1) is 6.26 Å². The lowest BCUT2D eigenvalue weighted by Gasteiger charge is -2.03. The van der Waals surface area contributed by atoms with E-state index in [0.29, 0.717) is 0 Å². The van der Waals surface area contributed by atoms with Crippen LogP contribution >= 0.6 is 8.60 Å². The number of carbonyl (C=O) groups is 1. The summed E-state index contributed by atoms with van der Waals surface area (Å²) in [7, 11) is -2.09. The van der Waals surface area contributed by atoms with Crippen LogP contribution in [-0.4, -0.2) is 10.9 Å². The van der Waals surface area contributed by atoms with Gasteiger partial charge in [-0.3, -0.25) is 4.79 Å². The van der Waals surface area contributed by atoms with Gasteiger partial charge in [-0.1, -0.05) is 6.58 Å². The quantitative estimate of drug-likeness (QED) is 0.480. The fourth-order valence-corrected chi connectivity index (χ4v) is 0.586. The molecule has 0 amide bonds. The SMILES string of the molecule is C=COP(O)OC(C)=O. The minimum Gasteiger partial charge on any atom is -0.426 e. The average Bonchev–Trinajstić information content (AvgIpc) is 1.63. The lowest BCUT2D eigenvalue weighted by atomic mass is 10.9. The van der Waals surface area contributed by atoms with E-state index < -0.39 is 14.6 Å². The third-order valence-corrected chi connectivity index (χ3v) is 1.11. The summed E-state index contributed by atoms with van der Waals surface area (Å²) < 4.78 is 8.47. The Balaban J connectivity index is 3.37. The van der Waals surface area contributed by atoms with Gasteiger partial charge in [0.1, 0.15) is 0 Å². The molecule has 4 nitrogen and oxygen atoms in total. The first kappa shape index (κ1) is 8.40. The van der Waals surface area contributed by atoms with Gasteiger partial charge in [-0.05, 0) is 0 Å². The van der Waals surface area contributed by atoms with Crippen molar-refractivity contribution in [3.8, 4) is 0 Å². The van der Waals surface area contributed by atoms with Gasteiger partial charge in [0.15, 0.2) is 0 Å². The van der Waals surface area contributed by atoms with Crippen molar-refractivity contribution in [2.24, 2.45) is 0 Å². The second-order valence-electron chi connectivity index (χ2n) is 1.09. The fourth-order valence-electron chi connectivity index (χ4n) is 0.195. The van der Waals surface area contributed by atoms with Crippen molar-refractivity contribution >= 4 is 14.6 Å². The monoisotopic (exact) mass is 150 g/mol. The van der Waals surface area contributed by atoms with Gasteiger partial charge in [0, 0.05) is 6.92 Å². The summed E-state index contributed by atoms with van der Waals surface area (Å²) in [5, 5.41) is 0. The zero-order chi connectivity index (χ0) is 7.28. The van der Waals surface area contributed by atoms with Gasteiger partial charge in [-0.25, -0.2) is 0 Å². The summed E-state index contributed by atoms with van der Waals surface area (Å²) in [6.45, 7) is 4.33. The number of carbonyl (C=O) groups excluding carboxylic acids is 1. The van der Waals surface area contributed by atoms with Crippen LogP contribution in [0.4, 0.5) is 0 Å². The molecule has 0 aliphatic heterocycles. The van der Waals surface area contributed by atoms with Crippen molar-refractivity contribution in [2.75, 3.05) is 0 Å². The van der Waals surface area contributed by atoms with E-state index in [0.717, 1.165) is 6.26 Å². The lowest BCUT2D eigenvalue weighted by Crippen LogP contribution is -1.92. The largest absolute Gasteiger partial charge is 0.461 e. The lowest BCUT2D eigenvalue weighted by molar-refractivity contribution is -0.132. The van der Waals surface area contributed by atoms with Crippen molar-refractivity contribution in [3.05, 3.63) is 12.8 Å². The fraction of sp³-hybridized carbons (Fsp3) is 0.250. The number of hydrogen-bond donors (Lipinski definition) is 1. The normalized spacial score (nSPS) is 11.8. The van der Waals surface area contributed by atoms with E-state index in [-0.39, 0.29) is 0 Å². The molecule has 0 bridgehead atoms.